The Hall–Kier alpha value is -4.13. The Bertz CT molecular complexity index is 1290. The highest BCUT2D eigenvalue weighted by molar-refractivity contribution is 5.94. The largest absolute Gasteiger partial charge is 0.497 e. The van der Waals surface area contributed by atoms with Gasteiger partial charge in [0.15, 0.2) is 0 Å². The molecule has 7 heteroatoms. The summed E-state index contributed by atoms with van der Waals surface area (Å²) in [4.78, 5) is 29.9. The number of nitrogens with zero attached hydrogens (tertiary/aromatic N) is 2. The smallest absolute Gasteiger partial charge is 0.251 e. The summed E-state index contributed by atoms with van der Waals surface area (Å²) in [6.45, 7) is 2.96. The third-order valence-electron chi connectivity index (χ3n) is 5.60. The van der Waals surface area contributed by atoms with Gasteiger partial charge in [0.2, 0.25) is 5.91 Å². The number of ether oxygens (including phenoxy) is 1. The number of amides is 2. The minimum Gasteiger partial charge on any atom is -0.497 e. The molecule has 0 aliphatic heterocycles. The zero-order valence-electron chi connectivity index (χ0n) is 19.4. The number of hydrogen-bond acceptors (Lipinski definition) is 4. The molecule has 0 unspecified atom stereocenters. The SMILES string of the molecule is COc1ccc(CNC(=O)Cn2c(CCNC(=O)c3cccc(C)c3)nc3ccccc32)cc1. The van der Waals surface area contributed by atoms with Gasteiger partial charge in [0.25, 0.3) is 5.91 Å². The van der Waals surface area contributed by atoms with Crippen LogP contribution < -0.4 is 15.4 Å². The van der Waals surface area contributed by atoms with E-state index in [9.17, 15) is 9.59 Å². The summed E-state index contributed by atoms with van der Waals surface area (Å²) in [6.07, 6.45) is 0.512. The molecule has 4 aromatic rings. The lowest BCUT2D eigenvalue weighted by molar-refractivity contribution is -0.121. The highest BCUT2D eigenvalue weighted by Crippen LogP contribution is 2.17. The van der Waals surface area contributed by atoms with Crippen molar-refractivity contribution in [2.75, 3.05) is 13.7 Å². The lowest BCUT2D eigenvalue weighted by atomic mass is 10.1. The zero-order valence-corrected chi connectivity index (χ0v) is 19.4. The summed E-state index contributed by atoms with van der Waals surface area (Å²) in [5.74, 6) is 1.30. The molecule has 0 saturated carbocycles. The van der Waals surface area contributed by atoms with Gasteiger partial charge in [0.1, 0.15) is 18.1 Å². The van der Waals surface area contributed by atoms with Gasteiger partial charge in [-0.25, -0.2) is 4.98 Å². The first kappa shape index (κ1) is 23.0. The van der Waals surface area contributed by atoms with E-state index in [0.29, 0.717) is 25.1 Å². The Kier molecular flexibility index (Phi) is 7.22. The number of benzene rings is 3. The molecule has 7 nitrogen and oxygen atoms in total. The van der Waals surface area contributed by atoms with Gasteiger partial charge >= 0.3 is 0 Å². The lowest BCUT2D eigenvalue weighted by Gasteiger charge is -2.11. The molecule has 0 fully saturated rings. The van der Waals surface area contributed by atoms with Crippen molar-refractivity contribution in [3.63, 3.8) is 0 Å². The zero-order chi connectivity index (χ0) is 23.9. The van der Waals surface area contributed by atoms with Gasteiger partial charge in [-0.3, -0.25) is 9.59 Å². The molecular formula is C27H28N4O3. The Morgan fingerprint density at radius 3 is 2.53 bits per heavy atom. The number of carbonyl (C=O) groups is 2. The van der Waals surface area contributed by atoms with Crippen LogP contribution in [0.5, 0.6) is 5.75 Å². The van der Waals surface area contributed by atoms with Crippen LogP contribution in [0.2, 0.25) is 0 Å². The van der Waals surface area contributed by atoms with Crippen LogP contribution in [0.15, 0.2) is 72.8 Å². The van der Waals surface area contributed by atoms with Gasteiger partial charge in [-0.15, -0.1) is 0 Å². The average Bonchev–Trinajstić information content (AvgIpc) is 3.20. The Morgan fingerprint density at radius 2 is 1.76 bits per heavy atom. The van der Waals surface area contributed by atoms with Gasteiger partial charge in [-0.2, -0.15) is 0 Å². The molecule has 174 valence electrons. The second-order valence-corrected chi connectivity index (χ2v) is 8.10. The number of imidazole rings is 1. The lowest BCUT2D eigenvalue weighted by Crippen LogP contribution is -2.29. The van der Waals surface area contributed by atoms with Gasteiger partial charge in [0.05, 0.1) is 18.1 Å². The molecule has 0 spiro atoms. The fourth-order valence-electron chi connectivity index (χ4n) is 3.81. The number of nitrogens with one attached hydrogen (secondary N) is 2. The predicted molar refractivity (Wildman–Crippen MR) is 132 cm³/mol. The quantitative estimate of drug-likeness (QED) is 0.403. The summed E-state index contributed by atoms with van der Waals surface area (Å²) in [7, 11) is 1.62. The molecule has 4 rings (SSSR count). The second-order valence-electron chi connectivity index (χ2n) is 8.10. The van der Waals surface area contributed by atoms with Crippen LogP contribution in [0.25, 0.3) is 11.0 Å². The minimum absolute atomic E-state index is 0.107. The molecule has 34 heavy (non-hydrogen) atoms. The van der Waals surface area contributed by atoms with Crippen molar-refractivity contribution < 1.29 is 14.3 Å². The van der Waals surface area contributed by atoms with Crippen molar-refractivity contribution in [2.24, 2.45) is 0 Å². The molecule has 1 aromatic heterocycles. The topological polar surface area (TPSA) is 85.2 Å². The Labute approximate surface area is 198 Å². The normalized spacial score (nSPS) is 10.8. The maximum atomic E-state index is 12.7. The van der Waals surface area contributed by atoms with E-state index in [-0.39, 0.29) is 18.4 Å². The molecule has 1 heterocycles. The standard InChI is InChI=1S/C27H28N4O3/c1-19-6-5-7-21(16-19)27(33)28-15-14-25-30-23-8-3-4-9-24(23)31(25)18-26(32)29-17-20-10-12-22(34-2)13-11-20/h3-13,16H,14-15,17-18H2,1-2H3,(H,28,33)(H,29,32). The van der Waals surface area contributed by atoms with Crippen LogP contribution >= 0.6 is 0 Å². The molecule has 0 atom stereocenters. The van der Waals surface area contributed by atoms with E-state index in [4.69, 9.17) is 9.72 Å². The maximum absolute atomic E-state index is 12.7. The highest BCUT2D eigenvalue weighted by Gasteiger charge is 2.14. The van der Waals surface area contributed by atoms with E-state index in [2.05, 4.69) is 10.6 Å². The van der Waals surface area contributed by atoms with Crippen LogP contribution in [-0.4, -0.2) is 35.0 Å². The van der Waals surface area contributed by atoms with Crippen molar-refractivity contribution in [1.29, 1.82) is 0 Å². The molecular weight excluding hydrogens is 428 g/mol. The van der Waals surface area contributed by atoms with E-state index in [0.717, 1.165) is 33.7 Å². The Balaban J connectivity index is 1.41. The number of hydrogen-bond donors (Lipinski definition) is 2. The minimum atomic E-state index is -0.122. The van der Waals surface area contributed by atoms with E-state index < -0.39 is 0 Å². The first-order chi connectivity index (χ1) is 16.5. The van der Waals surface area contributed by atoms with Gasteiger partial charge in [0, 0.05) is 25.1 Å². The van der Waals surface area contributed by atoms with E-state index in [1.165, 1.54) is 0 Å². The summed E-state index contributed by atoms with van der Waals surface area (Å²) >= 11 is 0. The van der Waals surface area contributed by atoms with Crippen molar-refractivity contribution in [2.45, 2.75) is 26.4 Å². The molecule has 3 aromatic carbocycles. The Morgan fingerprint density at radius 1 is 0.971 bits per heavy atom. The third-order valence-corrected chi connectivity index (χ3v) is 5.60. The molecule has 2 N–H and O–H groups in total. The summed E-state index contributed by atoms with van der Waals surface area (Å²) in [6, 6.07) is 22.8. The average molecular weight is 457 g/mol. The fourth-order valence-corrected chi connectivity index (χ4v) is 3.81. The number of carbonyl (C=O) groups excluding carboxylic acids is 2. The van der Waals surface area contributed by atoms with Crippen molar-refractivity contribution in [1.82, 2.24) is 20.2 Å². The summed E-state index contributed by atoms with van der Waals surface area (Å²) < 4.78 is 7.09. The summed E-state index contributed by atoms with van der Waals surface area (Å²) in [5.41, 5.74) is 4.37. The second kappa shape index (κ2) is 10.7. The number of aromatic nitrogens is 2. The number of methoxy groups -OCH3 is 1. The van der Waals surface area contributed by atoms with Crippen LogP contribution in [0, 0.1) is 6.92 Å². The molecule has 0 bridgehead atoms. The maximum Gasteiger partial charge on any atom is 0.251 e. The number of para-hydroxylation sites is 2. The third kappa shape index (κ3) is 5.61. The molecule has 0 saturated heterocycles. The van der Waals surface area contributed by atoms with Gasteiger partial charge < -0.3 is 19.9 Å². The first-order valence-corrected chi connectivity index (χ1v) is 11.2. The highest BCUT2D eigenvalue weighted by atomic mass is 16.5. The van der Waals surface area contributed by atoms with Crippen LogP contribution in [0.4, 0.5) is 0 Å². The van der Waals surface area contributed by atoms with Crippen LogP contribution in [0.3, 0.4) is 0 Å². The monoisotopic (exact) mass is 456 g/mol. The number of aryl methyl sites for hydroxylation is 1. The first-order valence-electron chi connectivity index (χ1n) is 11.2. The molecule has 2 amide bonds. The molecule has 0 aliphatic carbocycles. The molecule has 0 radical (unpaired) electrons. The fraction of sp³-hybridized carbons (Fsp3) is 0.222. The van der Waals surface area contributed by atoms with E-state index in [1.54, 1.807) is 13.2 Å². The van der Waals surface area contributed by atoms with Crippen LogP contribution in [0.1, 0.15) is 27.3 Å². The van der Waals surface area contributed by atoms with Gasteiger partial charge in [-0.05, 0) is 48.9 Å². The van der Waals surface area contributed by atoms with Crippen LogP contribution in [-0.2, 0) is 24.3 Å². The van der Waals surface area contributed by atoms with E-state index in [1.807, 2.05) is 78.2 Å². The van der Waals surface area contributed by atoms with Crippen molar-refractivity contribution >= 4 is 22.8 Å². The number of fused-ring (bicyclic) bond motifs is 1. The predicted octanol–water partition coefficient (Wildman–Crippen LogP) is 3.64. The van der Waals surface area contributed by atoms with Gasteiger partial charge in [-0.1, -0.05) is 42.0 Å². The summed E-state index contributed by atoms with van der Waals surface area (Å²) in [5, 5.41) is 5.92. The number of rotatable bonds is 9. The van der Waals surface area contributed by atoms with E-state index >= 15 is 0 Å². The molecule has 0 aliphatic rings. The van der Waals surface area contributed by atoms with Crippen molar-refractivity contribution in [3.05, 3.63) is 95.3 Å². The van der Waals surface area contributed by atoms with Crippen molar-refractivity contribution in [3.8, 4) is 5.75 Å².